The Balaban J connectivity index is 2.34. The molecule has 1 saturated heterocycles. The highest BCUT2D eigenvalue weighted by Crippen LogP contribution is 2.22. The molecule has 2 rings (SSSR count). The van der Waals surface area contributed by atoms with Gasteiger partial charge in [0.15, 0.2) is 0 Å². The molecular weight excluding hydrogens is 278 g/mol. The Labute approximate surface area is 120 Å². The minimum absolute atomic E-state index is 0.0919. The first kappa shape index (κ1) is 15.4. The van der Waals surface area contributed by atoms with Crippen LogP contribution < -0.4 is 0 Å². The van der Waals surface area contributed by atoms with Crippen molar-refractivity contribution in [2.24, 2.45) is 0 Å². The third-order valence-corrected chi connectivity index (χ3v) is 5.43. The molecule has 1 unspecified atom stereocenters. The molecule has 1 atom stereocenters. The number of aliphatic hydroxyl groups is 1. The molecule has 1 aliphatic heterocycles. The van der Waals surface area contributed by atoms with Crippen molar-refractivity contribution in [1.29, 1.82) is 0 Å². The summed E-state index contributed by atoms with van der Waals surface area (Å²) in [4.78, 5) is 0.243. The lowest BCUT2D eigenvalue weighted by Crippen LogP contribution is -2.44. The second-order valence-corrected chi connectivity index (χ2v) is 6.92. The molecule has 6 heteroatoms. The Morgan fingerprint density at radius 3 is 2.75 bits per heavy atom. The van der Waals surface area contributed by atoms with E-state index in [0.29, 0.717) is 25.3 Å². The number of aryl methyl sites for hydroxylation is 1. The molecule has 0 aliphatic carbocycles. The predicted molar refractivity (Wildman–Crippen MR) is 75.9 cm³/mol. The lowest BCUT2D eigenvalue weighted by atomic mass is 10.1. The summed E-state index contributed by atoms with van der Waals surface area (Å²) in [5, 5.41) is 9.36. The summed E-state index contributed by atoms with van der Waals surface area (Å²) in [6.07, 6.45) is 0.677. The first-order valence-electron chi connectivity index (χ1n) is 6.83. The molecule has 0 bridgehead atoms. The van der Waals surface area contributed by atoms with Crippen LogP contribution in [0, 0.1) is 0 Å². The van der Waals surface area contributed by atoms with E-state index in [9.17, 15) is 13.5 Å². The van der Waals surface area contributed by atoms with Crippen LogP contribution in [-0.2, 0) is 27.8 Å². The number of rotatable bonds is 4. The van der Waals surface area contributed by atoms with Gasteiger partial charge in [-0.25, -0.2) is 8.42 Å². The van der Waals surface area contributed by atoms with Gasteiger partial charge in [0.25, 0.3) is 0 Å². The smallest absolute Gasteiger partial charge is 0.243 e. The Morgan fingerprint density at radius 2 is 2.15 bits per heavy atom. The van der Waals surface area contributed by atoms with Crippen molar-refractivity contribution in [3.8, 4) is 0 Å². The molecule has 0 aromatic heterocycles. The van der Waals surface area contributed by atoms with E-state index in [4.69, 9.17) is 4.74 Å². The van der Waals surface area contributed by atoms with Gasteiger partial charge in [0, 0.05) is 13.1 Å². The molecule has 1 aromatic carbocycles. The standard InChI is InChI=1S/C14H21NO4S/c1-3-12-4-5-14(8-13(12)10-16)20(17,18)15-6-7-19-11(2)9-15/h4-5,8,11,16H,3,6-7,9-10H2,1-2H3. The van der Waals surface area contributed by atoms with Gasteiger partial charge in [-0.2, -0.15) is 4.31 Å². The largest absolute Gasteiger partial charge is 0.392 e. The van der Waals surface area contributed by atoms with Gasteiger partial charge in [-0.15, -0.1) is 0 Å². The van der Waals surface area contributed by atoms with Crippen LogP contribution in [0.15, 0.2) is 23.1 Å². The number of hydrogen-bond donors (Lipinski definition) is 1. The zero-order chi connectivity index (χ0) is 14.8. The lowest BCUT2D eigenvalue weighted by Gasteiger charge is -2.30. The zero-order valence-corrected chi connectivity index (χ0v) is 12.7. The SMILES string of the molecule is CCc1ccc(S(=O)(=O)N2CCOC(C)C2)cc1CO. The molecule has 112 valence electrons. The first-order valence-corrected chi connectivity index (χ1v) is 8.27. The molecule has 0 amide bonds. The highest BCUT2D eigenvalue weighted by molar-refractivity contribution is 7.89. The summed E-state index contributed by atoms with van der Waals surface area (Å²) in [5.74, 6) is 0. The molecule has 1 fully saturated rings. The number of benzene rings is 1. The van der Waals surface area contributed by atoms with Crippen molar-refractivity contribution in [1.82, 2.24) is 4.31 Å². The van der Waals surface area contributed by atoms with Crippen LogP contribution in [0.5, 0.6) is 0 Å². The zero-order valence-electron chi connectivity index (χ0n) is 11.9. The third-order valence-electron chi connectivity index (χ3n) is 3.57. The predicted octanol–water partition coefficient (Wildman–Crippen LogP) is 1.15. The summed E-state index contributed by atoms with van der Waals surface area (Å²) in [6, 6.07) is 4.98. The van der Waals surface area contributed by atoms with E-state index in [1.165, 1.54) is 4.31 Å². The Kier molecular flexibility index (Phi) is 4.80. The maximum Gasteiger partial charge on any atom is 0.243 e. The summed E-state index contributed by atoms with van der Waals surface area (Å²) in [5.41, 5.74) is 1.65. The fourth-order valence-corrected chi connectivity index (χ4v) is 3.96. The van der Waals surface area contributed by atoms with Gasteiger partial charge >= 0.3 is 0 Å². The molecule has 1 aliphatic rings. The van der Waals surface area contributed by atoms with Crippen LogP contribution >= 0.6 is 0 Å². The van der Waals surface area contributed by atoms with E-state index in [-0.39, 0.29) is 17.6 Å². The molecule has 5 nitrogen and oxygen atoms in total. The number of morpholine rings is 1. The fourth-order valence-electron chi connectivity index (χ4n) is 2.41. The number of hydrogen-bond acceptors (Lipinski definition) is 4. The summed E-state index contributed by atoms with van der Waals surface area (Å²) >= 11 is 0. The van der Waals surface area contributed by atoms with Gasteiger partial charge in [0.05, 0.1) is 24.2 Å². The lowest BCUT2D eigenvalue weighted by molar-refractivity contribution is 0.0102. The average Bonchev–Trinajstić information content (AvgIpc) is 2.46. The van der Waals surface area contributed by atoms with E-state index in [1.54, 1.807) is 18.2 Å². The number of ether oxygens (including phenoxy) is 1. The van der Waals surface area contributed by atoms with Crippen molar-refractivity contribution in [3.63, 3.8) is 0 Å². The number of sulfonamides is 1. The van der Waals surface area contributed by atoms with E-state index in [0.717, 1.165) is 12.0 Å². The number of aliphatic hydroxyl groups excluding tert-OH is 1. The van der Waals surface area contributed by atoms with Crippen LogP contribution in [0.1, 0.15) is 25.0 Å². The minimum atomic E-state index is -3.51. The summed E-state index contributed by atoms with van der Waals surface area (Å²) in [6.45, 7) is 4.85. The molecule has 1 heterocycles. The monoisotopic (exact) mass is 299 g/mol. The average molecular weight is 299 g/mol. The van der Waals surface area contributed by atoms with Crippen LogP contribution in [-0.4, -0.2) is 43.6 Å². The van der Waals surface area contributed by atoms with Crippen LogP contribution in [0.25, 0.3) is 0 Å². The molecule has 1 aromatic rings. The highest BCUT2D eigenvalue weighted by atomic mass is 32.2. The molecule has 1 N–H and O–H groups in total. The van der Waals surface area contributed by atoms with Gasteiger partial charge < -0.3 is 9.84 Å². The molecule has 0 radical (unpaired) electrons. The maximum absolute atomic E-state index is 12.6. The second-order valence-electron chi connectivity index (χ2n) is 4.99. The summed E-state index contributed by atoms with van der Waals surface area (Å²) in [7, 11) is -3.51. The maximum atomic E-state index is 12.6. The van der Waals surface area contributed by atoms with Gasteiger partial charge in [-0.1, -0.05) is 13.0 Å². The van der Waals surface area contributed by atoms with Gasteiger partial charge in [-0.3, -0.25) is 0 Å². The normalized spacial score (nSPS) is 21.1. The fraction of sp³-hybridized carbons (Fsp3) is 0.571. The topological polar surface area (TPSA) is 66.8 Å². The Morgan fingerprint density at radius 1 is 1.40 bits per heavy atom. The summed E-state index contributed by atoms with van der Waals surface area (Å²) < 4.78 is 32.0. The highest BCUT2D eigenvalue weighted by Gasteiger charge is 2.29. The van der Waals surface area contributed by atoms with E-state index < -0.39 is 10.0 Å². The first-order chi connectivity index (χ1) is 9.48. The van der Waals surface area contributed by atoms with E-state index >= 15 is 0 Å². The van der Waals surface area contributed by atoms with Crippen molar-refractivity contribution in [2.75, 3.05) is 19.7 Å². The molecule has 0 spiro atoms. The van der Waals surface area contributed by atoms with E-state index in [1.807, 2.05) is 13.8 Å². The van der Waals surface area contributed by atoms with Crippen molar-refractivity contribution in [2.45, 2.75) is 37.9 Å². The van der Waals surface area contributed by atoms with Crippen molar-refractivity contribution >= 4 is 10.0 Å². The van der Waals surface area contributed by atoms with E-state index in [2.05, 4.69) is 0 Å². The minimum Gasteiger partial charge on any atom is -0.392 e. The van der Waals surface area contributed by atoms with Crippen LogP contribution in [0.4, 0.5) is 0 Å². The Hall–Kier alpha value is -0.950. The Bertz CT molecular complexity index is 571. The molecule has 0 saturated carbocycles. The molecule has 20 heavy (non-hydrogen) atoms. The van der Waals surface area contributed by atoms with Crippen molar-refractivity contribution < 1.29 is 18.3 Å². The molecular formula is C14H21NO4S. The second kappa shape index (κ2) is 6.22. The van der Waals surface area contributed by atoms with Crippen molar-refractivity contribution in [3.05, 3.63) is 29.3 Å². The van der Waals surface area contributed by atoms with Crippen LogP contribution in [0.3, 0.4) is 0 Å². The van der Waals surface area contributed by atoms with Gasteiger partial charge in [0.1, 0.15) is 0 Å². The van der Waals surface area contributed by atoms with Gasteiger partial charge in [0.2, 0.25) is 10.0 Å². The van der Waals surface area contributed by atoms with Gasteiger partial charge in [-0.05, 0) is 36.6 Å². The van der Waals surface area contributed by atoms with Crippen LogP contribution in [0.2, 0.25) is 0 Å². The quantitative estimate of drug-likeness (QED) is 0.905. The third kappa shape index (κ3) is 3.03. The number of nitrogens with zero attached hydrogens (tertiary/aromatic N) is 1.